The zero-order valence-electron chi connectivity index (χ0n) is 12.5. The zero-order chi connectivity index (χ0) is 15.7. The average molecular weight is 336 g/mol. The van der Waals surface area contributed by atoms with Crippen molar-refractivity contribution in [3.05, 3.63) is 0 Å². The predicted octanol–water partition coefficient (Wildman–Crippen LogP) is 3.32. The summed E-state index contributed by atoms with van der Waals surface area (Å²) < 4.78 is 38.2. The highest BCUT2D eigenvalue weighted by atomic mass is 32.2. The molecule has 7 heteroatoms. The van der Waals surface area contributed by atoms with Crippen LogP contribution >= 0.6 is 11.9 Å². The van der Waals surface area contributed by atoms with Crippen molar-refractivity contribution in [2.24, 2.45) is 29.6 Å². The van der Waals surface area contributed by atoms with Crippen molar-refractivity contribution in [3.63, 3.8) is 0 Å². The third-order valence-corrected chi connectivity index (χ3v) is 6.19. The van der Waals surface area contributed by atoms with E-state index in [1.165, 1.54) is 25.7 Å². The molecule has 0 radical (unpaired) electrons. The minimum absolute atomic E-state index is 0.0545. The average Bonchev–Trinajstić information content (AvgIpc) is 2.42. The molecule has 0 heterocycles. The Hall–Kier alpha value is -0.430. The van der Waals surface area contributed by atoms with Crippen molar-refractivity contribution >= 4 is 17.9 Å². The minimum atomic E-state index is -4.27. The van der Waals surface area contributed by atoms with Gasteiger partial charge in [0.1, 0.15) is 0 Å². The van der Waals surface area contributed by atoms with Gasteiger partial charge in [-0.2, -0.15) is 13.2 Å². The van der Waals surface area contributed by atoms with E-state index in [4.69, 9.17) is 0 Å². The second kappa shape index (κ2) is 6.59. The molecule has 2 N–H and O–H groups in total. The molecule has 3 bridgehead atoms. The lowest BCUT2D eigenvalue weighted by atomic mass is 9.54. The maximum Gasteiger partial charge on any atom is 0.456 e. The summed E-state index contributed by atoms with van der Waals surface area (Å²) in [5.74, 6) is 2.92. The molecule has 3 fully saturated rings. The Labute approximate surface area is 133 Å². The Morgan fingerprint density at radius 1 is 1.05 bits per heavy atom. The van der Waals surface area contributed by atoms with Crippen LogP contribution in [0.25, 0.3) is 0 Å². The maximum absolute atomic E-state index is 12.4. The number of amides is 1. The van der Waals surface area contributed by atoms with E-state index in [1.807, 2.05) is 0 Å². The van der Waals surface area contributed by atoms with E-state index in [0.717, 1.165) is 18.8 Å². The van der Waals surface area contributed by atoms with Crippen molar-refractivity contribution in [2.75, 3.05) is 13.1 Å². The summed E-state index contributed by atoms with van der Waals surface area (Å²) in [5.41, 5.74) is -4.27. The van der Waals surface area contributed by atoms with Crippen LogP contribution < -0.4 is 10.0 Å². The van der Waals surface area contributed by atoms with Gasteiger partial charge < -0.3 is 5.32 Å². The maximum atomic E-state index is 12.4. The number of hydrogen-bond donors (Lipinski definition) is 2. The predicted molar refractivity (Wildman–Crippen MR) is 79.8 cm³/mol. The number of alkyl halides is 3. The number of carbonyl (C=O) groups is 1. The molecule has 0 aromatic rings. The molecule has 0 saturated heterocycles. The van der Waals surface area contributed by atoms with Gasteiger partial charge in [0.15, 0.2) is 0 Å². The Morgan fingerprint density at radius 3 is 2.59 bits per heavy atom. The van der Waals surface area contributed by atoms with Crippen LogP contribution in [0.2, 0.25) is 0 Å². The first kappa shape index (κ1) is 16.4. The number of hydrogen-bond acceptors (Lipinski definition) is 3. The summed E-state index contributed by atoms with van der Waals surface area (Å²) in [6.07, 6.45) is 7.24. The normalized spacial score (nSPS) is 37.1. The van der Waals surface area contributed by atoms with Crippen LogP contribution in [0.4, 0.5) is 13.2 Å². The molecule has 3 aliphatic carbocycles. The second-order valence-corrected chi connectivity index (χ2v) is 7.97. The smallest absolute Gasteiger partial charge is 0.355 e. The molecular weight excluding hydrogens is 313 g/mol. The molecule has 0 aliphatic heterocycles. The van der Waals surface area contributed by atoms with Crippen LogP contribution in [0.1, 0.15) is 38.5 Å². The number of nitrogens with one attached hydrogen (secondary N) is 2. The molecule has 22 heavy (non-hydrogen) atoms. The molecule has 3 rings (SSSR count). The molecule has 0 aromatic carbocycles. The molecule has 5 unspecified atom stereocenters. The van der Waals surface area contributed by atoms with Gasteiger partial charge in [0, 0.05) is 31.0 Å². The van der Waals surface area contributed by atoms with Gasteiger partial charge >= 0.3 is 5.51 Å². The summed E-state index contributed by atoms with van der Waals surface area (Å²) in [5, 5.41) is 2.83. The Bertz CT molecular complexity index is 412. The highest BCUT2D eigenvalue weighted by Crippen LogP contribution is 2.54. The summed E-state index contributed by atoms with van der Waals surface area (Å²) >= 11 is -0.256. The molecule has 3 aliphatic rings. The summed E-state index contributed by atoms with van der Waals surface area (Å²) in [4.78, 5) is 12.4. The molecule has 126 valence electrons. The summed E-state index contributed by atoms with van der Waals surface area (Å²) in [6.45, 7) is 0.380. The van der Waals surface area contributed by atoms with Crippen molar-refractivity contribution in [1.82, 2.24) is 10.0 Å². The van der Waals surface area contributed by atoms with E-state index in [-0.39, 0.29) is 36.9 Å². The van der Waals surface area contributed by atoms with Crippen LogP contribution in [-0.4, -0.2) is 24.5 Å². The van der Waals surface area contributed by atoms with E-state index in [9.17, 15) is 18.0 Å². The van der Waals surface area contributed by atoms with Crippen LogP contribution in [0, 0.1) is 29.6 Å². The lowest BCUT2D eigenvalue weighted by Crippen LogP contribution is -2.48. The minimum Gasteiger partial charge on any atom is -0.355 e. The number of halogens is 3. The van der Waals surface area contributed by atoms with E-state index >= 15 is 0 Å². The highest BCUT2D eigenvalue weighted by Gasteiger charge is 2.47. The Kier molecular flexibility index (Phi) is 4.92. The highest BCUT2D eigenvalue weighted by molar-refractivity contribution is 7.98. The number of carbonyl (C=O) groups excluding carboxylic acids is 1. The molecule has 0 aromatic heterocycles. The third kappa shape index (κ3) is 3.91. The Balaban J connectivity index is 1.44. The summed E-state index contributed by atoms with van der Waals surface area (Å²) in [6, 6.07) is 0. The Morgan fingerprint density at radius 2 is 1.82 bits per heavy atom. The van der Waals surface area contributed by atoms with Gasteiger partial charge in [-0.25, -0.2) is 0 Å². The van der Waals surface area contributed by atoms with E-state index in [1.54, 1.807) is 0 Å². The van der Waals surface area contributed by atoms with Crippen LogP contribution in [-0.2, 0) is 4.79 Å². The van der Waals surface area contributed by atoms with Gasteiger partial charge in [0.2, 0.25) is 5.91 Å². The monoisotopic (exact) mass is 336 g/mol. The first-order valence-corrected chi connectivity index (χ1v) is 8.99. The van der Waals surface area contributed by atoms with Crippen molar-refractivity contribution < 1.29 is 18.0 Å². The second-order valence-electron chi connectivity index (χ2n) is 7.02. The standard InChI is InChI=1S/C15H23F3N2OS/c16-15(17,18)22-20-4-3-19-14(21)13-8-10-5-9-1-2-12(13)11(6-9)7-10/h9-13,20H,1-8H2,(H,19,21). The fourth-order valence-electron chi connectivity index (χ4n) is 4.92. The molecule has 1 amide bonds. The zero-order valence-corrected chi connectivity index (χ0v) is 13.3. The molecule has 3 nitrogen and oxygen atoms in total. The van der Waals surface area contributed by atoms with Gasteiger partial charge in [-0.05, 0) is 55.8 Å². The fourth-order valence-corrected chi connectivity index (χ4v) is 5.29. The van der Waals surface area contributed by atoms with E-state index < -0.39 is 5.51 Å². The molecular formula is C15H23F3N2OS. The van der Waals surface area contributed by atoms with Crippen molar-refractivity contribution in [2.45, 2.75) is 44.0 Å². The van der Waals surface area contributed by atoms with Crippen molar-refractivity contribution in [3.8, 4) is 0 Å². The topological polar surface area (TPSA) is 41.1 Å². The summed E-state index contributed by atoms with van der Waals surface area (Å²) in [7, 11) is 0. The first-order chi connectivity index (χ1) is 10.4. The lowest BCUT2D eigenvalue weighted by Gasteiger charge is -2.51. The molecule has 0 spiro atoms. The van der Waals surface area contributed by atoms with Crippen LogP contribution in [0.3, 0.4) is 0 Å². The lowest BCUT2D eigenvalue weighted by molar-refractivity contribution is -0.133. The van der Waals surface area contributed by atoms with Gasteiger partial charge in [-0.1, -0.05) is 6.42 Å². The fraction of sp³-hybridized carbons (Fsp3) is 0.933. The first-order valence-electron chi connectivity index (χ1n) is 8.17. The third-order valence-electron chi connectivity index (χ3n) is 5.61. The van der Waals surface area contributed by atoms with E-state index in [2.05, 4.69) is 10.0 Å². The SMILES string of the molecule is O=C(NCCNSC(F)(F)F)C1CC2CC3CCC1C(C3)C2. The molecule has 3 saturated carbocycles. The van der Waals surface area contributed by atoms with Crippen molar-refractivity contribution in [1.29, 1.82) is 0 Å². The number of rotatable bonds is 5. The van der Waals surface area contributed by atoms with Gasteiger partial charge in [0.05, 0.1) is 0 Å². The largest absolute Gasteiger partial charge is 0.456 e. The van der Waals surface area contributed by atoms with Crippen LogP contribution in [0.5, 0.6) is 0 Å². The van der Waals surface area contributed by atoms with Gasteiger partial charge in [-0.15, -0.1) is 0 Å². The molecule has 5 atom stereocenters. The van der Waals surface area contributed by atoms with Crippen LogP contribution in [0.15, 0.2) is 0 Å². The van der Waals surface area contributed by atoms with E-state index in [0.29, 0.717) is 17.8 Å². The van der Waals surface area contributed by atoms with Gasteiger partial charge in [0.25, 0.3) is 0 Å². The van der Waals surface area contributed by atoms with Gasteiger partial charge in [-0.3, -0.25) is 9.52 Å². The quantitative estimate of drug-likeness (QED) is 0.598. The number of fused-ring (bicyclic) bond motifs is 2.